The summed E-state index contributed by atoms with van der Waals surface area (Å²) in [6.45, 7) is 0. The van der Waals surface area contributed by atoms with Crippen LogP contribution >= 0.6 is 0 Å². The van der Waals surface area contributed by atoms with Crippen LogP contribution in [0, 0.1) is 0 Å². The lowest BCUT2D eigenvalue weighted by Crippen LogP contribution is -2.32. The number of para-hydroxylation sites is 2. The molecule has 4 aliphatic heterocycles. The highest BCUT2D eigenvalue weighted by molar-refractivity contribution is 6.22. The zero-order valence-electron chi connectivity index (χ0n) is 41.0. The Hall–Kier alpha value is -9.56. The molecule has 6 amide bonds. The molecule has 2 fully saturated rings. The molecule has 4 aliphatic rings. The number of benzene rings is 6. The smallest absolute Gasteiger partial charge is 0.332 e. The Balaban J connectivity index is 0.00000631. The quantitative estimate of drug-likeness (QED) is 0.0293. The van der Waals surface area contributed by atoms with Crippen LogP contribution in [0.25, 0.3) is 21.8 Å². The monoisotopic (exact) mass is 1030 g/mol. The number of ether oxygens (including phenoxy) is 4. The summed E-state index contributed by atoms with van der Waals surface area (Å²) >= 11 is 0. The van der Waals surface area contributed by atoms with E-state index >= 15 is 0 Å². The number of nitrogens with zero attached hydrogens (tertiary/aromatic N) is 2. The number of esters is 2. The number of imide groups is 2. The molecule has 4 unspecified atom stereocenters. The maximum atomic E-state index is 13.7. The van der Waals surface area contributed by atoms with Crippen LogP contribution in [0.15, 0.2) is 146 Å². The molecule has 19 heteroatoms. The predicted molar refractivity (Wildman–Crippen MR) is 283 cm³/mol. The number of fused-ring (bicyclic) bond motifs is 6. The Labute approximate surface area is 439 Å². The molecule has 8 aromatic rings. The molecule has 19 nitrogen and oxygen atoms in total. The highest BCUT2D eigenvalue weighted by Gasteiger charge is 2.41. The molecule has 12 rings (SSSR count). The van der Waals surface area contributed by atoms with E-state index in [1.807, 2.05) is 97.1 Å². The first kappa shape index (κ1) is 49.6. The van der Waals surface area contributed by atoms with Crippen LogP contribution in [-0.2, 0) is 67.2 Å². The van der Waals surface area contributed by atoms with Gasteiger partial charge in [0.15, 0.2) is 12.5 Å². The Kier molecular flexibility index (Phi) is 13.1. The van der Waals surface area contributed by atoms with Gasteiger partial charge in [-0.05, 0) is 93.0 Å². The maximum Gasteiger partial charge on any atom is 0.332 e. The summed E-state index contributed by atoms with van der Waals surface area (Å²) in [5, 5.41) is 7.22. The average molecular weight is 1040 g/mol. The van der Waals surface area contributed by atoms with Crippen molar-refractivity contribution in [1.82, 2.24) is 20.6 Å². The number of amides is 6. The van der Waals surface area contributed by atoms with Gasteiger partial charge in [-0.15, -0.1) is 0 Å². The first-order chi connectivity index (χ1) is 36.9. The van der Waals surface area contributed by atoms with Gasteiger partial charge in [-0.1, -0.05) is 60.7 Å². The van der Waals surface area contributed by atoms with Crippen LogP contribution in [0.2, 0.25) is 0 Å². The standard InChI is InChI=1S/C58H48N8O10.H2O/c59-51(25-37-29-61-43-15-9-31(19-41(37)43)21-45-55(69)65(57(71)63-45)39-13-11-35-23-33-5-1-3-7-47(33)73-49(35)27-39)75-53(67)17-18-54(68)76-52(60)26-38-30-62-44-16-10-32(20-42(38)44)22-46-56(70)66(58(72)64-46)40-14-12-36-24-34-6-2-4-8-48(34)74-50(36)28-40;/h1-20,27-30,45-46,51-52,61-62H,21-26,59-60H2,(H,63,71)(H,64,72);1H2/b18-17-;. The van der Waals surface area contributed by atoms with E-state index in [1.54, 1.807) is 36.7 Å². The van der Waals surface area contributed by atoms with Crippen molar-refractivity contribution in [3.8, 4) is 23.0 Å². The van der Waals surface area contributed by atoms with Crippen LogP contribution in [0.1, 0.15) is 44.5 Å². The number of urea groups is 2. The van der Waals surface area contributed by atoms with Gasteiger partial charge in [0.05, 0.1) is 11.4 Å². The zero-order valence-corrected chi connectivity index (χ0v) is 41.0. The number of nitrogens with two attached hydrogens (primary N) is 2. The number of anilines is 2. The molecule has 0 radical (unpaired) electrons. The Morgan fingerprint density at radius 1 is 0.558 bits per heavy atom. The van der Waals surface area contributed by atoms with Gasteiger partial charge in [0.2, 0.25) is 0 Å². The average Bonchev–Trinajstić information content (AvgIpc) is 4.19. The number of hydrogen-bond acceptors (Lipinski definition) is 12. The van der Waals surface area contributed by atoms with Crippen LogP contribution in [-0.4, -0.2) is 75.8 Å². The Bertz CT molecular complexity index is 3510. The molecule has 6 heterocycles. The van der Waals surface area contributed by atoms with Crippen molar-refractivity contribution in [1.29, 1.82) is 0 Å². The van der Waals surface area contributed by atoms with Gasteiger partial charge >= 0.3 is 24.0 Å². The number of H-pyrrole nitrogens is 2. The lowest BCUT2D eigenvalue weighted by molar-refractivity contribution is -0.145. The van der Waals surface area contributed by atoms with Crippen molar-refractivity contribution in [2.24, 2.45) is 11.5 Å². The number of carbonyl (C=O) groups excluding carboxylic acids is 6. The van der Waals surface area contributed by atoms with Crippen LogP contribution in [0.5, 0.6) is 23.0 Å². The molecule has 2 aromatic heterocycles. The second kappa shape index (κ2) is 20.3. The molecular weight excluding hydrogens is 985 g/mol. The molecule has 2 saturated heterocycles. The van der Waals surface area contributed by atoms with E-state index < -0.39 is 48.5 Å². The number of carbonyl (C=O) groups is 6. The number of aromatic nitrogens is 2. The third-order valence-corrected chi connectivity index (χ3v) is 14.1. The molecule has 4 atom stereocenters. The fourth-order valence-corrected chi connectivity index (χ4v) is 10.4. The number of nitrogens with one attached hydrogen (secondary N) is 4. The second-order valence-corrected chi connectivity index (χ2v) is 19.2. The molecular formula is C58H50N8O11. The lowest BCUT2D eigenvalue weighted by Gasteiger charge is -2.22. The number of hydrogen-bond donors (Lipinski definition) is 6. The van der Waals surface area contributed by atoms with Crippen LogP contribution in [0.3, 0.4) is 0 Å². The van der Waals surface area contributed by atoms with Gasteiger partial charge < -0.3 is 45.0 Å². The number of rotatable bonds is 14. The van der Waals surface area contributed by atoms with Crippen molar-refractivity contribution in [2.75, 3.05) is 9.80 Å². The summed E-state index contributed by atoms with van der Waals surface area (Å²) in [7, 11) is 0. The van der Waals surface area contributed by atoms with Crippen molar-refractivity contribution in [3.05, 3.63) is 190 Å². The van der Waals surface area contributed by atoms with Gasteiger partial charge in [-0.2, -0.15) is 0 Å². The minimum Gasteiger partial charge on any atom is -0.457 e. The minimum absolute atomic E-state index is 0. The minimum atomic E-state index is -1.09. The lowest BCUT2D eigenvalue weighted by atomic mass is 10.00. The summed E-state index contributed by atoms with van der Waals surface area (Å²) in [5.41, 5.74) is 22.0. The molecule has 6 aromatic carbocycles. The largest absolute Gasteiger partial charge is 0.457 e. The molecule has 0 spiro atoms. The molecule has 77 heavy (non-hydrogen) atoms. The van der Waals surface area contributed by atoms with E-state index in [0.29, 0.717) is 35.7 Å². The first-order valence-corrected chi connectivity index (χ1v) is 24.7. The van der Waals surface area contributed by atoms with Crippen LogP contribution in [0.4, 0.5) is 21.0 Å². The molecule has 0 saturated carbocycles. The molecule has 10 N–H and O–H groups in total. The topological polar surface area (TPSA) is 285 Å². The molecule has 388 valence electrons. The molecule has 0 bridgehead atoms. The normalized spacial score (nSPS) is 17.1. The Morgan fingerprint density at radius 3 is 1.42 bits per heavy atom. The van der Waals surface area contributed by atoms with Gasteiger partial charge in [0.1, 0.15) is 35.1 Å². The van der Waals surface area contributed by atoms with Gasteiger partial charge in [-0.3, -0.25) is 21.1 Å². The fraction of sp³-hybridized carbons (Fsp3) is 0.172. The van der Waals surface area contributed by atoms with E-state index in [9.17, 15) is 28.8 Å². The highest BCUT2D eigenvalue weighted by atomic mass is 16.6. The first-order valence-electron chi connectivity index (χ1n) is 24.7. The van der Waals surface area contributed by atoms with E-state index in [-0.39, 0.29) is 43.0 Å². The summed E-state index contributed by atoms with van der Waals surface area (Å²) in [4.78, 5) is 88.0. The zero-order chi connectivity index (χ0) is 52.2. The van der Waals surface area contributed by atoms with E-state index in [0.717, 1.165) is 99.8 Å². The summed E-state index contributed by atoms with van der Waals surface area (Å²) in [5.74, 6) is 0.145. The Morgan fingerprint density at radius 2 is 0.974 bits per heavy atom. The van der Waals surface area contributed by atoms with Gasteiger partial charge in [0, 0.05) is 97.0 Å². The van der Waals surface area contributed by atoms with Crippen LogP contribution < -0.4 is 41.4 Å². The summed E-state index contributed by atoms with van der Waals surface area (Å²) in [6, 6.07) is 34.7. The van der Waals surface area contributed by atoms with E-state index in [4.69, 9.17) is 30.4 Å². The third-order valence-electron chi connectivity index (χ3n) is 14.1. The predicted octanol–water partition coefficient (Wildman–Crippen LogP) is 6.55. The fourth-order valence-electron chi connectivity index (χ4n) is 10.4. The van der Waals surface area contributed by atoms with E-state index in [1.165, 1.54) is 0 Å². The second-order valence-electron chi connectivity index (χ2n) is 19.2. The van der Waals surface area contributed by atoms with Crippen molar-refractivity contribution < 1.29 is 53.2 Å². The molecule has 0 aliphatic carbocycles. The summed E-state index contributed by atoms with van der Waals surface area (Å²) < 4.78 is 23.0. The van der Waals surface area contributed by atoms with Crippen molar-refractivity contribution in [2.45, 2.75) is 63.1 Å². The van der Waals surface area contributed by atoms with Crippen molar-refractivity contribution in [3.63, 3.8) is 0 Å². The van der Waals surface area contributed by atoms with Crippen molar-refractivity contribution >= 4 is 69.0 Å². The summed E-state index contributed by atoms with van der Waals surface area (Å²) in [6.07, 6.45) is 5.19. The van der Waals surface area contributed by atoms with Gasteiger partial charge in [-0.25, -0.2) is 29.0 Å². The van der Waals surface area contributed by atoms with Gasteiger partial charge in [0.25, 0.3) is 11.8 Å². The highest BCUT2D eigenvalue weighted by Crippen LogP contribution is 2.41. The third kappa shape index (κ3) is 9.84. The van der Waals surface area contributed by atoms with E-state index in [2.05, 4.69) is 20.6 Å². The SMILES string of the molecule is NC(Cc1c[nH]c2ccc(CC3NC(=O)N(c4ccc5c(c4)Oc4ccccc4C5)C3=O)cc12)OC(=O)/C=C\C(=O)OC(N)Cc1c[nH]c2ccc(CC3NC(=O)N(c4ccc5c(c4)Oc4ccccc4C5)C3=O)cc12.O. The number of aromatic amines is 2. The maximum absolute atomic E-state index is 13.7.